The second-order valence-corrected chi connectivity index (χ2v) is 3.74. The van der Waals surface area contributed by atoms with Crippen LogP contribution in [0.1, 0.15) is 6.42 Å². The van der Waals surface area contributed by atoms with E-state index in [2.05, 4.69) is 19.7 Å². The molecule has 0 aliphatic carbocycles. The molecule has 1 rings (SSSR count). The van der Waals surface area contributed by atoms with Crippen molar-refractivity contribution in [1.82, 2.24) is 9.80 Å². The molecule has 4 amide bonds. The molecule has 0 radical (unpaired) electrons. The molecular weight excluding hydrogens is 234 g/mol. The lowest BCUT2D eigenvalue weighted by atomic mass is 10.2. The van der Waals surface area contributed by atoms with E-state index in [1.54, 1.807) is 0 Å². The molecule has 0 aromatic rings. The summed E-state index contributed by atoms with van der Waals surface area (Å²) < 4.78 is 0.288. The minimum atomic E-state index is -0.868. The average molecular weight is 250 g/mol. The van der Waals surface area contributed by atoms with Crippen LogP contribution in [-0.4, -0.2) is 45.9 Å². The Labute approximate surface area is 105 Å². The molecule has 0 aromatic heterocycles. The molecule has 0 spiro atoms. The van der Waals surface area contributed by atoms with E-state index in [0.717, 1.165) is 4.90 Å². The van der Waals surface area contributed by atoms with Crippen LogP contribution in [0.3, 0.4) is 0 Å². The molecule has 0 bridgehead atoms. The van der Waals surface area contributed by atoms with Crippen LogP contribution in [0.5, 0.6) is 0 Å². The smallest absolute Gasteiger partial charge is 0.257 e. The summed E-state index contributed by atoms with van der Waals surface area (Å²) in [4.78, 5) is 37.8. The van der Waals surface area contributed by atoms with Crippen molar-refractivity contribution in [3.05, 3.63) is 42.9 Å². The lowest BCUT2D eigenvalue weighted by molar-refractivity contribution is -0.529. The number of carbonyl (C=O) groups is 2. The molecule has 1 fully saturated rings. The Balaban J connectivity index is 3.09. The van der Waals surface area contributed by atoms with Crippen molar-refractivity contribution in [3.63, 3.8) is 0 Å². The molecular formula is C12H16N3O3+. The SMILES string of the molecule is C=CCC1N(CC=C)C(=O)N(CC=C)C(=O)[N+]1=O. The molecule has 1 aliphatic heterocycles. The number of hydrogen-bond acceptors (Lipinski definition) is 3. The highest BCUT2D eigenvalue weighted by molar-refractivity contribution is 5.92. The van der Waals surface area contributed by atoms with Gasteiger partial charge < -0.3 is 0 Å². The Morgan fingerprint density at radius 2 is 1.72 bits per heavy atom. The molecule has 1 aliphatic rings. The first-order chi connectivity index (χ1) is 8.58. The van der Waals surface area contributed by atoms with Gasteiger partial charge in [0.2, 0.25) is 6.17 Å². The van der Waals surface area contributed by atoms with E-state index in [1.807, 2.05) is 0 Å². The Kier molecular flexibility index (Phi) is 4.53. The summed E-state index contributed by atoms with van der Waals surface area (Å²) in [6.07, 6.45) is 3.75. The third-order valence-electron chi connectivity index (χ3n) is 2.54. The van der Waals surface area contributed by atoms with Gasteiger partial charge in [0.25, 0.3) is 0 Å². The normalized spacial score (nSPS) is 20.0. The van der Waals surface area contributed by atoms with Crippen LogP contribution in [0.15, 0.2) is 38.0 Å². The summed E-state index contributed by atoms with van der Waals surface area (Å²) in [6.45, 7) is 10.7. The topological polar surface area (TPSA) is 60.7 Å². The summed E-state index contributed by atoms with van der Waals surface area (Å²) >= 11 is 0. The maximum absolute atomic E-state index is 12.1. The zero-order chi connectivity index (χ0) is 13.7. The molecule has 1 atom stereocenters. The average Bonchev–Trinajstić information content (AvgIpc) is 2.36. The molecule has 1 heterocycles. The van der Waals surface area contributed by atoms with E-state index in [4.69, 9.17) is 0 Å². The predicted molar refractivity (Wildman–Crippen MR) is 66.8 cm³/mol. The van der Waals surface area contributed by atoms with Crippen LogP contribution in [0.4, 0.5) is 9.59 Å². The van der Waals surface area contributed by atoms with Gasteiger partial charge in [-0.2, -0.15) is 4.79 Å². The van der Waals surface area contributed by atoms with Crippen molar-refractivity contribution in [2.75, 3.05) is 13.1 Å². The lowest BCUT2D eigenvalue weighted by Gasteiger charge is -2.31. The van der Waals surface area contributed by atoms with E-state index in [-0.39, 0.29) is 24.3 Å². The maximum atomic E-state index is 12.1. The standard InChI is InChI=1S/C12H16N3O3/c1-4-7-10-13(8-5-2)11(16)14(9-6-3)12(17)15(10)18/h4-6,10H,1-3,7-9H2/q+1. The Hall–Kier alpha value is -2.24. The molecule has 6 heteroatoms. The van der Waals surface area contributed by atoms with Gasteiger partial charge in [-0.15, -0.1) is 18.1 Å². The minimum Gasteiger partial charge on any atom is -0.257 e. The fourth-order valence-corrected chi connectivity index (χ4v) is 1.73. The summed E-state index contributed by atoms with van der Waals surface area (Å²) in [7, 11) is 0. The number of imide groups is 1. The molecule has 0 aromatic carbocycles. The van der Waals surface area contributed by atoms with Gasteiger partial charge in [0.15, 0.2) is 0 Å². The van der Waals surface area contributed by atoms with Gasteiger partial charge in [0.05, 0.1) is 0 Å². The van der Waals surface area contributed by atoms with Crippen LogP contribution >= 0.6 is 0 Å². The highest BCUT2D eigenvalue weighted by atomic mass is 16.3. The van der Waals surface area contributed by atoms with Crippen molar-refractivity contribution in [1.29, 1.82) is 0 Å². The first kappa shape index (κ1) is 13.8. The number of hydrogen-bond donors (Lipinski definition) is 0. The first-order valence-electron chi connectivity index (χ1n) is 5.49. The number of nitroso groups, excluding NO2 is 1. The second-order valence-electron chi connectivity index (χ2n) is 3.74. The van der Waals surface area contributed by atoms with Gasteiger partial charge in [0, 0.05) is 17.7 Å². The highest BCUT2D eigenvalue weighted by Gasteiger charge is 2.50. The van der Waals surface area contributed by atoms with E-state index in [1.165, 1.54) is 23.1 Å². The van der Waals surface area contributed by atoms with Crippen molar-refractivity contribution in [2.45, 2.75) is 12.6 Å². The zero-order valence-electron chi connectivity index (χ0n) is 10.1. The lowest BCUT2D eigenvalue weighted by Crippen LogP contribution is -2.62. The number of rotatable bonds is 6. The Morgan fingerprint density at radius 3 is 2.22 bits per heavy atom. The monoisotopic (exact) mass is 250 g/mol. The molecule has 1 unspecified atom stereocenters. The number of amides is 4. The third kappa shape index (κ3) is 2.37. The Bertz CT molecular complexity index is 417. The number of carbonyl (C=O) groups excluding carboxylic acids is 2. The van der Waals surface area contributed by atoms with Crippen molar-refractivity contribution < 1.29 is 14.3 Å². The quantitative estimate of drug-likeness (QED) is 0.534. The van der Waals surface area contributed by atoms with Gasteiger partial charge in [-0.1, -0.05) is 23.6 Å². The second kappa shape index (κ2) is 5.90. The summed E-state index contributed by atoms with van der Waals surface area (Å²) in [6, 6.07) is -1.38. The van der Waals surface area contributed by atoms with E-state index in [0.29, 0.717) is 0 Å². The largest absolute Gasteiger partial charge is 0.543 e. The van der Waals surface area contributed by atoms with Gasteiger partial charge >= 0.3 is 12.1 Å². The first-order valence-corrected chi connectivity index (χ1v) is 5.49. The predicted octanol–water partition coefficient (Wildman–Crippen LogP) is 1.90. The zero-order valence-corrected chi connectivity index (χ0v) is 10.1. The molecule has 0 N–H and O–H groups in total. The summed E-state index contributed by atoms with van der Waals surface area (Å²) in [5, 5.41) is 0. The van der Waals surface area contributed by atoms with Crippen molar-refractivity contribution >= 4 is 12.1 Å². The van der Waals surface area contributed by atoms with E-state index >= 15 is 0 Å². The molecule has 6 nitrogen and oxygen atoms in total. The van der Waals surface area contributed by atoms with Gasteiger partial charge in [0.1, 0.15) is 6.54 Å². The highest BCUT2D eigenvalue weighted by Crippen LogP contribution is 2.18. The van der Waals surface area contributed by atoms with Crippen molar-refractivity contribution in [3.8, 4) is 0 Å². The number of nitrogens with zero attached hydrogens (tertiary/aromatic N) is 3. The van der Waals surface area contributed by atoms with E-state index in [9.17, 15) is 14.5 Å². The van der Waals surface area contributed by atoms with Crippen LogP contribution in [-0.2, 0) is 0 Å². The van der Waals surface area contributed by atoms with Gasteiger partial charge in [-0.05, 0) is 6.08 Å². The van der Waals surface area contributed by atoms with Crippen LogP contribution in [0.25, 0.3) is 0 Å². The van der Waals surface area contributed by atoms with Crippen LogP contribution in [0, 0.1) is 4.91 Å². The van der Waals surface area contributed by atoms with Crippen LogP contribution in [0.2, 0.25) is 0 Å². The fraction of sp³-hybridized carbons (Fsp3) is 0.333. The fourth-order valence-electron chi connectivity index (χ4n) is 1.73. The molecule has 96 valence electrons. The molecule has 0 saturated carbocycles. The minimum absolute atomic E-state index is 0.00482. The van der Waals surface area contributed by atoms with Gasteiger partial charge in [-0.3, -0.25) is 4.90 Å². The summed E-state index contributed by atoms with van der Waals surface area (Å²) in [5.74, 6) is 0. The molecule has 18 heavy (non-hydrogen) atoms. The molecule has 1 saturated heterocycles. The Morgan fingerprint density at radius 1 is 1.11 bits per heavy atom. The summed E-state index contributed by atoms with van der Waals surface area (Å²) in [5.41, 5.74) is 0. The van der Waals surface area contributed by atoms with Crippen molar-refractivity contribution in [2.24, 2.45) is 0 Å². The maximum Gasteiger partial charge on any atom is 0.543 e. The third-order valence-corrected chi connectivity index (χ3v) is 2.54. The number of urea groups is 2. The van der Waals surface area contributed by atoms with Crippen LogP contribution < -0.4 is 0 Å². The van der Waals surface area contributed by atoms with Gasteiger partial charge in [-0.25, -0.2) is 4.79 Å². The van der Waals surface area contributed by atoms with E-state index < -0.39 is 18.2 Å².